The summed E-state index contributed by atoms with van der Waals surface area (Å²) in [5.74, 6) is -1.65. The van der Waals surface area contributed by atoms with Crippen LogP contribution in [0.25, 0.3) is 11.0 Å². The molecular formula is C10H10N4O3. The minimum Gasteiger partial charge on any atom is -0.478 e. The number of aliphatic carboxylic acids is 1. The molecule has 0 aliphatic heterocycles. The summed E-state index contributed by atoms with van der Waals surface area (Å²) in [5, 5.41) is 18.9. The van der Waals surface area contributed by atoms with Crippen LogP contribution in [0.1, 0.15) is 13.1 Å². The molecular weight excluding hydrogens is 224 g/mol. The molecule has 17 heavy (non-hydrogen) atoms. The number of nitrogens with one attached hydrogen (secondary N) is 1. The second kappa shape index (κ2) is 4.20. The Kier molecular flexibility index (Phi) is 2.73. The van der Waals surface area contributed by atoms with Crippen molar-refractivity contribution in [1.29, 1.82) is 0 Å². The monoisotopic (exact) mass is 234 g/mol. The number of benzene rings is 1. The molecule has 0 aliphatic rings. The highest BCUT2D eigenvalue weighted by atomic mass is 16.4. The number of aromatic nitrogens is 3. The fraction of sp³-hybridized carbons (Fsp3) is 0.200. The van der Waals surface area contributed by atoms with Crippen molar-refractivity contribution in [3.05, 3.63) is 24.3 Å². The summed E-state index contributed by atoms with van der Waals surface area (Å²) in [4.78, 5) is 22.0. The van der Waals surface area contributed by atoms with E-state index in [9.17, 15) is 9.59 Å². The highest BCUT2D eigenvalue weighted by Gasteiger charge is 2.23. The molecule has 7 nitrogen and oxygen atoms in total. The standard InChI is InChI=1S/C10H10N4O3/c1-6(15)11-9(10(16)17)14-8-5-3-2-4-7(8)12-13-14/h2-5,9H,1H3,(H,11,15)(H,16,17)/t9-/m0/s1. The predicted octanol–water partition coefficient (Wildman–Crippen LogP) is 0.151. The lowest BCUT2D eigenvalue weighted by Crippen LogP contribution is -2.37. The fourth-order valence-electron chi connectivity index (χ4n) is 1.50. The van der Waals surface area contributed by atoms with Gasteiger partial charge in [0.25, 0.3) is 0 Å². The maximum absolute atomic E-state index is 11.1. The predicted molar refractivity (Wildman–Crippen MR) is 58.0 cm³/mol. The van der Waals surface area contributed by atoms with E-state index in [0.29, 0.717) is 11.0 Å². The molecule has 0 bridgehead atoms. The van der Waals surface area contributed by atoms with Gasteiger partial charge in [0.2, 0.25) is 12.1 Å². The maximum Gasteiger partial charge on any atom is 0.349 e. The van der Waals surface area contributed by atoms with Crippen molar-refractivity contribution in [2.75, 3.05) is 0 Å². The van der Waals surface area contributed by atoms with Gasteiger partial charge in [-0.3, -0.25) is 4.79 Å². The Morgan fingerprint density at radius 2 is 2.12 bits per heavy atom. The third-order valence-corrected chi connectivity index (χ3v) is 2.20. The number of amides is 1. The molecule has 0 fully saturated rings. The van der Waals surface area contributed by atoms with Crippen molar-refractivity contribution < 1.29 is 14.7 Å². The molecule has 2 N–H and O–H groups in total. The number of para-hydroxylation sites is 1. The number of hydrogen-bond acceptors (Lipinski definition) is 4. The Bertz CT molecular complexity index is 578. The van der Waals surface area contributed by atoms with Gasteiger partial charge in [-0.1, -0.05) is 17.3 Å². The van der Waals surface area contributed by atoms with Crippen LogP contribution < -0.4 is 5.32 Å². The smallest absolute Gasteiger partial charge is 0.349 e. The quantitative estimate of drug-likeness (QED) is 0.787. The van der Waals surface area contributed by atoms with E-state index in [0.717, 1.165) is 0 Å². The van der Waals surface area contributed by atoms with E-state index in [4.69, 9.17) is 5.11 Å². The summed E-state index contributed by atoms with van der Waals surface area (Å²) in [6.45, 7) is 1.25. The van der Waals surface area contributed by atoms with E-state index in [2.05, 4.69) is 15.6 Å². The van der Waals surface area contributed by atoms with Gasteiger partial charge in [-0.15, -0.1) is 5.10 Å². The van der Waals surface area contributed by atoms with Crippen LogP contribution in [0.3, 0.4) is 0 Å². The van der Waals surface area contributed by atoms with E-state index >= 15 is 0 Å². The van der Waals surface area contributed by atoms with Crippen LogP contribution in [0, 0.1) is 0 Å². The molecule has 2 aromatic rings. The zero-order valence-electron chi connectivity index (χ0n) is 8.99. The molecule has 0 unspecified atom stereocenters. The van der Waals surface area contributed by atoms with Crippen molar-refractivity contribution in [3.8, 4) is 0 Å². The summed E-state index contributed by atoms with van der Waals surface area (Å²) < 4.78 is 1.17. The van der Waals surface area contributed by atoms with Gasteiger partial charge in [0, 0.05) is 6.92 Å². The molecule has 1 aromatic carbocycles. The van der Waals surface area contributed by atoms with E-state index in [-0.39, 0.29) is 0 Å². The number of nitrogens with zero attached hydrogens (tertiary/aromatic N) is 3. The lowest BCUT2D eigenvalue weighted by atomic mass is 10.3. The molecule has 0 radical (unpaired) electrons. The van der Waals surface area contributed by atoms with Gasteiger partial charge in [0.1, 0.15) is 5.52 Å². The van der Waals surface area contributed by atoms with E-state index in [1.54, 1.807) is 24.3 Å². The van der Waals surface area contributed by atoms with Crippen LogP contribution in [-0.4, -0.2) is 32.0 Å². The van der Waals surface area contributed by atoms with Crippen molar-refractivity contribution in [2.24, 2.45) is 0 Å². The molecule has 0 saturated heterocycles. The molecule has 0 saturated carbocycles. The average molecular weight is 234 g/mol. The molecule has 0 spiro atoms. The second-order valence-corrected chi connectivity index (χ2v) is 3.46. The molecule has 2 rings (SSSR count). The fourth-order valence-corrected chi connectivity index (χ4v) is 1.50. The first kappa shape index (κ1) is 11.1. The summed E-state index contributed by atoms with van der Waals surface area (Å²) in [5.41, 5.74) is 1.12. The summed E-state index contributed by atoms with van der Waals surface area (Å²) >= 11 is 0. The van der Waals surface area contributed by atoms with Crippen LogP contribution in [0.15, 0.2) is 24.3 Å². The molecule has 88 valence electrons. The Hall–Kier alpha value is -2.44. The topological polar surface area (TPSA) is 97.1 Å². The maximum atomic E-state index is 11.1. The lowest BCUT2D eigenvalue weighted by Gasteiger charge is -2.13. The van der Waals surface area contributed by atoms with Gasteiger partial charge in [-0.05, 0) is 12.1 Å². The first-order valence-corrected chi connectivity index (χ1v) is 4.89. The van der Waals surface area contributed by atoms with Crippen molar-refractivity contribution in [3.63, 3.8) is 0 Å². The molecule has 1 amide bonds. The highest BCUT2D eigenvalue weighted by Crippen LogP contribution is 2.13. The van der Waals surface area contributed by atoms with Gasteiger partial charge in [-0.2, -0.15) is 0 Å². The van der Waals surface area contributed by atoms with Crippen molar-refractivity contribution in [2.45, 2.75) is 13.1 Å². The van der Waals surface area contributed by atoms with Crippen LogP contribution >= 0.6 is 0 Å². The highest BCUT2D eigenvalue weighted by molar-refractivity contribution is 5.83. The first-order valence-electron chi connectivity index (χ1n) is 4.89. The molecule has 1 heterocycles. The zero-order chi connectivity index (χ0) is 12.4. The minimum absolute atomic E-state index is 0.447. The number of carboxylic acids is 1. The Morgan fingerprint density at radius 3 is 2.76 bits per heavy atom. The zero-order valence-corrected chi connectivity index (χ0v) is 8.99. The first-order chi connectivity index (χ1) is 8.09. The molecule has 1 atom stereocenters. The van der Waals surface area contributed by atoms with Crippen LogP contribution in [0.2, 0.25) is 0 Å². The third kappa shape index (κ3) is 2.07. The van der Waals surface area contributed by atoms with Gasteiger partial charge in [-0.25, -0.2) is 9.48 Å². The minimum atomic E-state index is -1.25. The van der Waals surface area contributed by atoms with E-state index in [1.165, 1.54) is 11.6 Å². The average Bonchev–Trinajstić information content (AvgIpc) is 2.69. The molecule has 7 heteroatoms. The van der Waals surface area contributed by atoms with Crippen molar-refractivity contribution >= 4 is 22.9 Å². The molecule has 1 aromatic heterocycles. The number of carbonyl (C=O) groups excluding carboxylic acids is 1. The largest absolute Gasteiger partial charge is 0.478 e. The van der Waals surface area contributed by atoms with E-state index in [1.807, 2.05) is 0 Å². The summed E-state index contributed by atoms with van der Waals surface area (Å²) in [6.07, 6.45) is -1.25. The van der Waals surface area contributed by atoms with Crippen molar-refractivity contribution in [1.82, 2.24) is 20.3 Å². The third-order valence-electron chi connectivity index (χ3n) is 2.20. The Balaban J connectivity index is 2.48. The van der Waals surface area contributed by atoms with Gasteiger partial charge >= 0.3 is 5.97 Å². The van der Waals surface area contributed by atoms with Gasteiger partial charge in [0.15, 0.2) is 0 Å². The number of hydrogen-bond donors (Lipinski definition) is 2. The normalized spacial score (nSPS) is 12.3. The van der Waals surface area contributed by atoms with Gasteiger partial charge in [0.05, 0.1) is 5.52 Å². The van der Waals surface area contributed by atoms with Crippen LogP contribution in [-0.2, 0) is 9.59 Å². The van der Waals surface area contributed by atoms with Crippen LogP contribution in [0.4, 0.5) is 0 Å². The summed E-state index contributed by atoms with van der Waals surface area (Å²) in [6, 6.07) is 6.92. The number of rotatable bonds is 3. The Morgan fingerprint density at radius 1 is 1.41 bits per heavy atom. The molecule has 0 aliphatic carbocycles. The number of carbonyl (C=O) groups is 2. The lowest BCUT2D eigenvalue weighted by molar-refractivity contribution is -0.144. The SMILES string of the molecule is CC(=O)N[C@H](C(=O)O)n1nnc2ccccc21. The number of fused-ring (bicyclic) bond motifs is 1. The second-order valence-electron chi connectivity index (χ2n) is 3.46. The Labute approximate surface area is 96.0 Å². The van der Waals surface area contributed by atoms with Gasteiger partial charge < -0.3 is 10.4 Å². The number of carboxylic acid groups (broad SMARTS) is 1. The summed E-state index contributed by atoms with van der Waals surface area (Å²) in [7, 11) is 0. The van der Waals surface area contributed by atoms with E-state index < -0.39 is 18.0 Å². The van der Waals surface area contributed by atoms with Crippen LogP contribution in [0.5, 0.6) is 0 Å².